The van der Waals surface area contributed by atoms with Crippen LogP contribution in [0.4, 0.5) is 0 Å². The number of nitrogens with one attached hydrogen (secondary N) is 1. The highest BCUT2D eigenvalue weighted by Gasteiger charge is 2.30. The third kappa shape index (κ3) is 3.28. The maximum atomic E-state index is 12.0. The van der Waals surface area contributed by atoms with Crippen molar-refractivity contribution in [3.05, 3.63) is 20.8 Å². The van der Waals surface area contributed by atoms with Gasteiger partial charge in [-0.2, -0.15) is 0 Å². The van der Waals surface area contributed by atoms with Gasteiger partial charge in [0, 0.05) is 18.5 Å². The molecule has 0 spiro atoms. The van der Waals surface area contributed by atoms with Crippen LogP contribution >= 0.6 is 27.3 Å². The summed E-state index contributed by atoms with van der Waals surface area (Å²) in [7, 11) is 1.79. The van der Waals surface area contributed by atoms with E-state index in [0.29, 0.717) is 19.5 Å². The minimum atomic E-state index is -0.395. The Labute approximate surface area is 113 Å². The summed E-state index contributed by atoms with van der Waals surface area (Å²) in [4.78, 5) is 14.9. The van der Waals surface area contributed by atoms with Crippen LogP contribution in [-0.2, 0) is 11.3 Å². The maximum Gasteiger partial charge on any atom is 0.239 e. The summed E-state index contributed by atoms with van der Waals surface area (Å²) in [6.07, 6.45) is 0.116. The molecule has 2 N–H and O–H groups in total. The molecule has 1 fully saturated rings. The van der Waals surface area contributed by atoms with Gasteiger partial charge < -0.3 is 15.3 Å². The first-order valence-electron chi connectivity index (χ1n) is 5.47. The number of aliphatic hydroxyl groups excluding tert-OH is 1. The zero-order chi connectivity index (χ0) is 12.4. The van der Waals surface area contributed by atoms with E-state index in [-0.39, 0.29) is 11.9 Å². The van der Waals surface area contributed by atoms with Gasteiger partial charge in [-0.3, -0.25) is 4.79 Å². The lowest BCUT2D eigenvalue weighted by atomic mass is 10.2. The molecule has 0 unspecified atom stereocenters. The molecule has 2 rings (SSSR count). The van der Waals surface area contributed by atoms with Crippen molar-refractivity contribution in [1.29, 1.82) is 0 Å². The standard InChI is InChI=1S/C11H15BrN2O2S/c1-14(6-8-2-3-10(12)17-8)11(16)9-4-7(15)5-13-9/h2-3,7,9,13,15H,4-6H2,1H3/t7-,9-/m1/s1. The smallest absolute Gasteiger partial charge is 0.239 e. The van der Waals surface area contributed by atoms with Gasteiger partial charge in [-0.1, -0.05) is 0 Å². The summed E-state index contributed by atoms with van der Waals surface area (Å²) >= 11 is 5.03. The van der Waals surface area contributed by atoms with Gasteiger partial charge in [0.1, 0.15) is 0 Å². The second-order valence-corrected chi connectivity index (χ2v) is 6.80. The molecule has 1 saturated heterocycles. The SMILES string of the molecule is CN(Cc1ccc(Br)s1)C(=O)[C@H]1C[C@@H](O)CN1. The van der Waals surface area contributed by atoms with Crippen LogP contribution in [0.2, 0.25) is 0 Å². The molecule has 1 amide bonds. The van der Waals surface area contributed by atoms with Gasteiger partial charge in [0.2, 0.25) is 5.91 Å². The van der Waals surface area contributed by atoms with E-state index in [2.05, 4.69) is 21.2 Å². The van der Waals surface area contributed by atoms with Crippen molar-refractivity contribution in [3.63, 3.8) is 0 Å². The molecule has 0 saturated carbocycles. The Hall–Kier alpha value is -0.430. The lowest BCUT2D eigenvalue weighted by Crippen LogP contribution is -2.41. The van der Waals surface area contributed by atoms with Gasteiger partial charge >= 0.3 is 0 Å². The zero-order valence-electron chi connectivity index (χ0n) is 9.52. The highest BCUT2D eigenvalue weighted by molar-refractivity contribution is 9.11. The molecule has 94 valence electrons. The summed E-state index contributed by atoms with van der Waals surface area (Å²) < 4.78 is 1.07. The summed E-state index contributed by atoms with van der Waals surface area (Å²) in [5.74, 6) is 0.0473. The Morgan fingerprint density at radius 3 is 3.00 bits per heavy atom. The van der Waals surface area contributed by atoms with Crippen molar-refractivity contribution in [1.82, 2.24) is 10.2 Å². The Balaban J connectivity index is 1.91. The van der Waals surface area contributed by atoms with E-state index < -0.39 is 6.10 Å². The second kappa shape index (κ2) is 5.48. The van der Waals surface area contributed by atoms with E-state index in [0.717, 1.165) is 8.66 Å². The van der Waals surface area contributed by atoms with Crippen molar-refractivity contribution in [2.24, 2.45) is 0 Å². The highest BCUT2D eigenvalue weighted by atomic mass is 79.9. The van der Waals surface area contributed by atoms with E-state index in [1.54, 1.807) is 23.3 Å². The molecule has 1 aromatic rings. The van der Waals surface area contributed by atoms with Crippen molar-refractivity contribution in [2.75, 3.05) is 13.6 Å². The van der Waals surface area contributed by atoms with E-state index >= 15 is 0 Å². The number of carbonyl (C=O) groups excluding carboxylic acids is 1. The fourth-order valence-corrected chi connectivity index (χ4v) is 3.46. The summed E-state index contributed by atoms with van der Waals surface area (Å²) in [5, 5.41) is 12.4. The van der Waals surface area contributed by atoms with Gasteiger partial charge in [0.15, 0.2) is 0 Å². The Morgan fingerprint density at radius 1 is 1.71 bits per heavy atom. The molecule has 4 nitrogen and oxygen atoms in total. The van der Waals surface area contributed by atoms with E-state index in [4.69, 9.17) is 0 Å². The van der Waals surface area contributed by atoms with Gasteiger partial charge in [0.05, 0.1) is 22.5 Å². The number of hydrogen-bond acceptors (Lipinski definition) is 4. The Kier molecular flexibility index (Phi) is 4.19. The van der Waals surface area contributed by atoms with Crippen LogP contribution in [0.5, 0.6) is 0 Å². The fraction of sp³-hybridized carbons (Fsp3) is 0.545. The van der Waals surface area contributed by atoms with Crippen molar-refractivity contribution in [2.45, 2.75) is 25.1 Å². The van der Waals surface area contributed by atoms with Crippen LogP contribution in [0.1, 0.15) is 11.3 Å². The average molecular weight is 319 g/mol. The van der Waals surface area contributed by atoms with E-state index in [1.807, 2.05) is 12.1 Å². The van der Waals surface area contributed by atoms with Crippen LogP contribution in [0.3, 0.4) is 0 Å². The minimum Gasteiger partial charge on any atom is -0.392 e. The molecular weight excluding hydrogens is 304 g/mol. The van der Waals surface area contributed by atoms with Gasteiger partial charge in [0.25, 0.3) is 0 Å². The van der Waals surface area contributed by atoms with Gasteiger partial charge in [-0.15, -0.1) is 11.3 Å². The number of halogens is 1. The third-order valence-electron chi connectivity index (χ3n) is 2.80. The molecular formula is C11H15BrN2O2S. The molecule has 0 bridgehead atoms. The Morgan fingerprint density at radius 2 is 2.47 bits per heavy atom. The quantitative estimate of drug-likeness (QED) is 0.880. The average Bonchev–Trinajstić information content (AvgIpc) is 2.87. The first-order chi connectivity index (χ1) is 8.06. The molecule has 1 aromatic heterocycles. The molecule has 0 radical (unpaired) electrons. The normalized spacial score (nSPS) is 23.9. The van der Waals surface area contributed by atoms with Crippen LogP contribution in [-0.4, -0.2) is 41.7 Å². The monoisotopic (exact) mass is 318 g/mol. The number of thiophene rings is 1. The summed E-state index contributed by atoms with van der Waals surface area (Å²) in [5.41, 5.74) is 0. The largest absolute Gasteiger partial charge is 0.392 e. The van der Waals surface area contributed by atoms with Crippen molar-refractivity contribution in [3.8, 4) is 0 Å². The predicted octanol–water partition coefficient (Wildman–Crippen LogP) is 1.19. The highest BCUT2D eigenvalue weighted by Crippen LogP contribution is 2.23. The van der Waals surface area contributed by atoms with Gasteiger partial charge in [-0.25, -0.2) is 0 Å². The van der Waals surface area contributed by atoms with Crippen LogP contribution in [0, 0.1) is 0 Å². The number of rotatable bonds is 3. The second-order valence-electron chi connectivity index (χ2n) is 4.25. The predicted molar refractivity (Wildman–Crippen MR) is 70.9 cm³/mol. The number of amides is 1. The third-order valence-corrected chi connectivity index (χ3v) is 4.41. The van der Waals surface area contributed by atoms with Crippen LogP contribution < -0.4 is 5.32 Å². The van der Waals surface area contributed by atoms with Crippen molar-refractivity contribution < 1.29 is 9.90 Å². The maximum absolute atomic E-state index is 12.0. The molecule has 2 atom stereocenters. The number of hydrogen-bond donors (Lipinski definition) is 2. The molecule has 0 aromatic carbocycles. The minimum absolute atomic E-state index is 0.0473. The molecule has 1 aliphatic rings. The van der Waals surface area contributed by atoms with Gasteiger partial charge in [-0.05, 0) is 34.5 Å². The van der Waals surface area contributed by atoms with E-state index in [9.17, 15) is 9.90 Å². The van der Waals surface area contributed by atoms with Crippen molar-refractivity contribution >= 4 is 33.2 Å². The first kappa shape index (κ1) is 13.0. The lowest BCUT2D eigenvalue weighted by molar-refractivity contribution is -0.132. The Bertz CT molecular complexity index is 410. The van der Waals surface area contributed by atoms with E-state index in [1.165, 1.54) is 0 Å². The molecule has 2 heterocycles. The topological polar surface area (TPSA) is 52.6 Å². The zero-order valence-corrected chi connectivity index (χ0v) is 11.9. The lowest BCUT2D eigenvalue weighted by Gasteiger charge is -2.20. The fourth-order valence-electron chi connectivity index (χ4n) is 1.92. The summed E-state index contributed by atoms with van der Waals surface area (Å²) in [6.45, 7) is 1.12. The molecule has 0 aliphatic carbocycles. The van der Waals surface area contributed by atoms with Crippen LogP contribution in [0.25, 0.3) is 0 Å². The number of nitrogens with zero attached hydrogens (tertiary/aromatic N) is 1. The molecule has 6 heteroatoms. The number of aliphatic hydroxyl groups is 1. The molecule has 17 heavy (non-hydrogen) atoms. The van der Waals surface area contributed by atoms with Crippen LogP contribution in [0.15, 0.2) is 15.9 Å². The number of likely N-dealkylation sites (N-methyl/N-ethyl adjacent to an activating group) is 1. The number of carbonyl (C=O) groups is 1. The molecule has 1 aliphatic heterocycles. The number of β-amino-alcohol motifs (C(OH)–C–C–N with tert-alkyl or cyclic N) is 1. The summed E-state index contributed by atoms with van der Waals surface area (Å²) in [6, 6.07) is 3.75. The first-order valence-corrected chi connectivity index (χ1v) is 7.08.